The molecule has 3 aromatic rings. The fourth-order valence-corrected chi connectivity index (χ4v) is 4.93. The fraction of sp³-hybridized carbons (Fsp3) is 0.476. The van der Waals surface area contributed by atoms with Gasteiger partial charge in [-0.15, -0.1) is 0 Å². The van der Waals surface area contributed by atoms with E-state index >= 15 is 0 Å². The third kappa shape index (κ3) is 2.96. The second kappa shape index (κ2) is 6.74. The molecule has 0 atom stereocenters. The molecule has 0 radical (unpaired) electrons. The second-order valence-corrected chi connectivity index (χ2v) is 9.01. The highest BCUT2D eigenvalue weighted by Crippen LogP contribution is 2.53. The van der Waals surface area contributed by atoms with E-state index < -0.39 is 5.69 Å². The second-order valence-electron chi connectivity index (χ2n) is 8.17. The van der Waals surface area contributed by atoms with Gasteiger partial charge in [0.05, 0.1) is 10.7 Å². The van der Waals surface area contributed by atoms with Crippen LogP contribution in [0.5, 0.6) is 0 Å². The Balaban J connectivity index is 1.88. The van der Waals surface area contributed by atoms with Crippen LogP contribution in [0, 0.1) is 11.8 Å². The zero-order chi connectivity index (χ0) is 20.4. The summed E-state index contributed by atoms with van der Waals surface area (Å²) in [6, 6.07) is 5.26. The SMILES string of the molecule is CCc1nc2c(c(=O)n(C)c(=O)n2-c2ccc(Cl)cc2Cl)n1C(C1CC1)C1CC1. The number of imidazole rings is 1. The van der Waals surface area contributed by atoms with E-state index in [4.69, 9.17) is 28.2 Å². The van der Waals surface area contributed by atoms with Crippen LogP contribution >= 0.6 is 23.2 Å². The van der Waals surface area contributed by atoms with E-state index in [0.29, 0.717) is 45.2 Å². The van der Waals surface area contributed by atoms with Crippen molar-refractivity contribution in [2.24, 2.45) is 18.9 Å². The molecule has 2 aliphatic carbocycles. The number of halogens is 2. The Bertz CT molecular complexity index is 1240. The summed E-state index contributed by atoms with van der Waals surface area (Å²) >= 11 is 12.5. The summed E-state index contributed by atoms with van der Waals surface area (Å²) in [4.78, 5) is 31.1. The average molecular weight is 433 g/mol. The monoisotopic (exact) mass is 432 g/mol. The van der Waals surface area contributed by atoms with Gasteiger partial charge >= 0.3 is 5.69 Å². The first-order chi connectivity index (χ1) is 13.9. The molecule has 2 aromatic heterocycles. The Kier molecular flexibility index (Phi) is 4.40. The first-order valence-corrected chi connectivity index (χ1v) is 10.9. The van der Waals surface area contributed by atoms with E-state index in [2.05, 4.69) is 4.57 Å². The molecule has 29 heavy (non-hydrogen) atoms. The smallest absolute Gasteiger partial charge is 0.318 e. The molecule has 2 saturated carbocycles. The Labute approximate surface area is 177 Å². The number of hydrogen-bond acceptors (Lipinski definition) is 3. The maximum absolute atomic E-state index is 13.2. The van der Waals surface area contributed by atoms with E-state index in [1.807, 2.05) is 6.92 Å². The summed E-state index contributed by atoms with van der Waals surface area (Å²) in [6.07, 6.45) is 5.44. The van der Waals surface area contributed by atoms with Gasteiger partial charge in [-0.3, -0.25) is 9.36 Å². The summed E-state index contributed by atoms with van der Waals surface area (Å²) in [6.45, 7) is 2.04. The normalized spacial score (nSPS) is 16.9. The van der Waals surface area contributed by atoms with Crippen molar-refractivity contribution in [1.82, 2.24) is 18.7 Å². The standard InChI is InChI=1S/C21H22Cl2N4O2/c1-3-16-24-19-18(27(16)17(11-4-5-11)12-6-7-12)20(28)25(2)21(29)26(19)15-9-8-13(22)10-14(15)23/h8-12,17H,3-7H2,1-2H3. The Morgan fingerprint density at radius 2 is 1.79 bits per heavy atom. The highest BCUT2D eigenvalue weighted by molar-refractivity contribution is 6.35. The van der Waals surface area contributed by atoms with E-state index in [0.717, 1.165) is 10.4 Å². The van der Waals surface area contributed by atoms with Gasteiger partial charge in [-0.2, -0.15) is 0 Å². The molecule has 1 aromatic carbocycles. The minimum atomic E-state index is -0.464. The van der Waals surface area contributed by atoms with Crippen LogP contribution in [0.1, 0.15) is 44.5 Å². The molecule has 0 spiro atoms. The molecular weight excluding hydrogens is 411 g/mol. The topological polar surface area (TPSA) is 61.8 Å². The Morgan fingerprint density at radius 3 is 2.34 bits per heavy atom. The lowest BCUT2D eigenvalue weighted by molar-refractivity contribution is 0.392. The summed E-state index contributed by atoms with van der Waals surface area (Å²) in [5.74, 6) is 2.04. The van der Waals surface area contributed by atoms with Crippen molar-refractivity contribution in [2.45, 2.75) is 45.1 Å². The number of nitrogens with zero attached hydrogens (tertiary/aromatic N) is 4. The van der Waals surface area contributed by atoms with Crippen LogP contribution in [0.2, 0.25) is 10.0 Å². The lowest BCUT2D eigenvalue weighted by Gasteiger charge is -2.21. The van der Waals surface area contributed by atoms with Crippen LogP contribution in [0.3, 0.4) is 0 Å². The molecule has 0 saturated heterocycles. The summed E-state index contributed by atoms with van der Waals surface area (Å²) < 4.78 is 4.75. The first kappa shape index (κ1) is 18.9. The van der Waals surface area contributed by atoms with Gasteiger partial charge in [0.2, 0.25) is 0 Å². The van der Waals surface area contributed by atoms with Gasteiger partial charge in [-0.05, 0) is 55.7 Å². The van der Waals surface area contributed by atoms with Gasteiger partial charge in [-0.1, -0.05) is 30.1 Å². The minimum Gasteiger partial charge on any atom is -0.318 e. The molecule has 2 heterocycles. The number of aromatic nitrogens is 4. The lowest BCUT2D eigenvalue weighted by atomic mass is 10.1. The quantitative estimate of drug-likeness (QED) is 0.608. The zero-order valence-electron chi connectivity index (χ0n) is 16.4. The molecule has 152 valence electrons. The number of aryl methyl sites for hydroxylation is 1. The van der Waals surface area contributed by atoms with Gasteiger partial charge in [0.1, 0.15) is 5.82 Å². The molecular formula is C21H22Cl2N4O2. The van der Waals surface area contributed by atoms with Crippen molar-refractivity contribution in [3.63, 3.8) is 0 Å². The maximum atomic E-state index is 13.2. The van der Waals surface area contributed by atoms with Crippen LogP contribution in [-0.4, -0.2) is 18.7 Å². The molecule has 0 bridgehead atoms. The number of hydrogen-bond donors (Lipinski definition) is 0. The highest BCUT2D eigenvalue weighted by atomic mass is 35.5. The molecule has 6 nitrogen and oxygen atoms in total. The molecule has 2 fully saturated rings. The Morgan fingerprint density at radius 1 is 1.14 bits per heavy atom. The summed E-state index contributed by atoms with van der Waals surface area (Å²) in [5.41, 5.74) is 0.589. The van der Waals surface area contributed by atoms with Gasteiger partial charge < -0.3 is 4.57 Å². The lowest BCUT2D eigenvalue weighted by Crippen LogP contribution is -2.38. The third-order valence-corrected chi connectivity index (χ3v) is 6.68. The van der Waals surface area contributed by atoms with Gasteiger partial charge in [0, 0.05) is 24.5 Å². The first-order valence-electron chi connectivity index (χ1n) is 10.1. The molecule has 8 heteroatoms. The summed E-state index contributed by atoms with van der Waals surface area (Å²) in [7, 11) is 1.51. The average Bonchev–Trinajstić information content (AvgIpc) is 3.61. The van der Waals surface area contributed by atoms with Crippen LogP contribution in [0.15, 0.2) is 27.8 Å². The van der Waals surface area contributed by atoms with Crippen LogP contribution in [0.25, 0.3) is 16.9 Å². The maximum Gasteiger partial charge on any atom is 0.337 e. The molecule has 2 aliphatic rings. The minimum absolute atomic E-state index is 0.286. The molecule has 0 aliphatic heterocycles. The van der Waals surface area contributed by atoms with E-state index in [1.54, 1.807) is 18.2 Å². The molecule has 5 rings (SSSR count). The van der Waals surface area contributed by atoms with Crippen molar-refractivity contribution < 1.29 is 0 Å². The summed E-state index contributed by atoms with van der Waals surface area (Å²) in [5, 5.41) is 0.822. The Hall–Kier alpha value is -2.05. The van der Waals surface area contributed by atoms with Crippen molar-refractivity contribution in [1.29, 1.82) is 0 Å². The van der Waals surface area contributed by atoms with Crippen molar-refractivity contribution in [3.05, 3.63) is 54.9 Å². The predicted octanol–water partition coefficient (Wildman–Crippen LogP) is 4.12. The molecule has 0 unspecified atom stereocenters. The van der Waals surface area contributed by atoms with Crippen molar-refractivity contribution in [2.75, 3.05) is 0 Å². The van der Waals surface area contributed by atoms with Crippen LogP contribution in [0.4, 0.5) is 0 Å². The number of benzene rings is 1. The predicted molar refractivity (Wildman–Crippen MR) is 114 cm³/mol. The highest BCUT2D eigenvalue weighted by Gasteiger charge is 2.44. The largest absolute Gasteiger partial charge is 0.337 e. The van der Waals surface area contributed by atoms with Crippen molar-refractivity contribution in [3.8, 4) is 5.69 Å². The number of rotatable bonds is 5. The van der Waals surface area contributed by atoms with Gasteiger partial charge in [0.15, 0.2) is 11.2 Å². The van der Waals surface area contributed by atoms with E-state index in [-0.39, 0.29) is 11.6 Å². The van der Waals surface area contributed by atoms with Crippen molar-refractivity contribution >= 4 is 34.4 Å². The molecule has 0 amide bonds. The van der Waals surface area contributed by atoms with Gasteiger partial charge in [-0.25, -0.2) is 14.3 Å². The van der Waals surface area contributed by atoms with E-state index in [1.165, 1.54) is 37.3 Å². The molecule has 0 N–H and O–H groups in total. The van der Waals surface area contributed by atoms with Crippen LogP contribution in [-0.2, 0) is 13.5 Å². The van der Waals surface area contributed by atoms with Crippen LogP contribution < -0.4 is 11.2 Å². The third-order valence-electron chi connectivity index (χ3n) is 6.14. The number of fused-ring (bicyclic) bond motifs is 1. The van der Waals surface area contributed by atoms with Gasteiger partial charge in [0.25, 0.3) is 5.56 Å². The fourth-order valence-electron chi connectivity index (χ4n) is 4.44. The zero-order valence-corrected chi connectivity index (χ0v) is 17.9. The van der Waals surface area contributed by atoms with E-state index in [9.17, 15) is 9.59 Å².